The molecule has 0 N–H and O–H groups in total. The Morgan fingerprint density at radius 2 is 0.955 bits per heavy atom. The lowest BCUT2D eigenvalue weighted by molar-refractivity contribution is 0.956. The topological polar surface area (TPSA) is 6.48 Å². The maximum absolute atomic E-state index is 2.33. The highest BCUT2D eigenvalue weighted by molar-refractivity contribution is 14.0. The van der Waals surface area contributed by atoms with Gasteiger partial charge in [-0.15, -0.1) is 24.0 Å². The number of hydrogen-bond acceptors (Lipinski definition) is 2. The van der Waals surface area contributed by atoms with Crippen molar-refractivity contribution in [3.05, 3.63) is 71.1 Å². The minimum absolute atomic E-state index is 0. The first-order chi connectivity index (χ1) is 10.1. The van der Waals surface area contributed by atoms with Crippen molar-refractivity contribution in [3.63, 3.8) is 0 Å². The van der Waals surface area contributed by atoms with E-state index >= 15 is 0 Å². The first kappa shape index (κ1) is 16.9. The zero-order valence-corrected chi connectivity index (χ0v) is 16.0. The van der Waals surface area contributed by atoms with Gasteiger partial charge in [-0.05, 0) is 49.9 Å². The molecule has 116 valence electrons. The normalized spacial score (nSPS) is 13.5. The molecule has 2 aromatic carbocycles. The van der Waals surface area contributed by atoms with Crippen LogP contribution < -0.4 is 9.80 Å². The van der Waals surface area contributed by atoms with E-state index in [1.807, 2.05) is 0 Å². The number of benzene rings is 2. The molecule has 1 aliphatic rings. The molecule has 0 fully saturated rings. The van der Waals surface area contributed by atoms with E-state index in [1.165, 1.54) is 33.6 Å². The summed E-state index contributed by atoms with van der Waals surface area (Å²) in [5.74, 6) is 0. The molecule has 2 nitrogen and oxygen atoms in total. The summed E-state index contributed by atoms with van der Waals surface area (Å²) in [5.41, 5.74) is 7.93. The van der Waals surface area contributed by atoms with E-state index in [1.54, 1.807) is 0 Å². The third-order valence-corrected chi connectivity index (χ3v) is 4.18. The predicted octanol–water partition coefficient (Wildman–Crippen LogP) is 5.29. The standard InChI is InChI=1S/C19H22N2.HI/c1-14-7-5-8-15(2)18(14)20-11-12-21(13-20)19-16(3)9-6-10-17(19)4;/h5-12H,13H2,1-4H3;1H. The van der Waals surface area contributed by atoms with E-state index in [-0.39, 0.29) is 24.0 Å². The Bertz CT molecular complexity index is 607. The highest BCUT2D eigenvalue weighted by atomic mass is 127. The molecule has 0 aromatic heterocycles. The van der Waals surface area contributed by atoms with Gasteiger partial charge in [0.15, 0.2) is 0 Å². The van der Waals surface area contributed by atoms with Crippen molar-refractivity contribution in [2.45, 2.75) is 27.7 Å². The number of nitrogens with zero attached hydrogens (tertiary/aromatic N) is 2. The maximum atomic E-state index is 2.33. The third-order valence-electron chi connectivity index (χ3n) is 4.18. The molecule has 3 rings (SSSR count). The van der Waals surface area contributed by atoms with E-state index in [4.69, 9.17) is 0 Å². The number of rotatable bonds is 2. The minimum Gasteiger partial charge on any atom is -0.328 e. The van der Waals surface area contributed by atoms with E-state index in [0.29, 0.717) is 0 Å². The Morgan fingerprint density at radius 1 is 0.636 bits per heavy atom. The lowest BCUT2D eigenvalue weighted by atomic mass is 10.1. The molecule has 0 saturated carbocycles. The third kappa shape index (κ3) is 3.00. The number of anilines is 2. The van der Waals surface area contributed by atoms with Crippen LogP contribution in [-0.2, 0) is 0 Å². The van der Waals surface area contributed by atoms with Crippen LogP contribution >= 0.6 is 24.0 Å². The molecule has 0 aliphatic carbocycles. The van der Waals surface area contributed by atoms with Crippen LogP contribution in [0, 0.1) is 27.7 Å². The van der Waals surface area contributed by atoms with Gasteiger partial charge in [-0.2, -0.15) is 0 Å². The first-order valence-corrected chi connectivity index (χ1v) is 7.42. The van der Waals surface area contributed by atoms with E-state index < -0.39 is 0 Å². The highest BCUT2D eigenvalue weighted by Gasteiger charge is 2.20. The van der Waals surface area contributed by atoms with Crippen molar-refractivity contribution in [2.75, 3.05) is 16.5 Å². The molecule has 0 atom stereocenters. The molecular formula is C19H23IN2. The molecule has 0 amide bonds. The lowest BCUT2D eigenvalue weighted by Gasteiger charge is -2.26. The molecule has 1 heterocycles. The van der Waals surface area contributed by atoms with Gasteiger partial charge in [0, 0.05) is 23.8 Å². The van der Waals surface area contributed by atoms with Crippen molar-refractivity contribution in [1.82, 2.24) is 0 Å². The Labute approximate surface area is 150 Å². The number of halogens is 1. The Morgan fingerprint density at radius 3 is 1.27 bits per heavy atom. The van der Waals surface area contributed by atoms with Crippen molar-refractivity contribution in [3.8, 4) is 0 Å². The highest BCUT2D eigenvalue weighted by Crippen LogP contribution is 2.32. The van der Waals surface area contributed by atoms with Crippen molar-refractivity contribution < 1.29 is 0 Å². The molecule has 0 bridgehead atoms. The largest absolute Gasteiger partial charge is 0.328 e. The van der Waals surface area contributed by atoms with Crippen LogP contribution in [0.15, 0.2) is 48.8 Å². The fourth-order valence-corrected chi connectivity index (χ4v) is 3.23. The number of para-hydroxylation sites is 2. The van der Waals surface area contributed by atoms with Crippen LogP contribution in [0.2, 0.25) is 0 Å². The molecular weight excluding hydrogens is 383 g/mol. The Balaban J connectivity index is 0.00000176. The Hall–Kier alpha value is -1.49. The molecule has 0 radical (unpaired) electrons. The second-order valence-corrected chi connectivity index (χ2v) is 5.86. The summed E-state index contributed by atoms with van der Waals surface area (Å²) in [6.45, 7) is 9.59. The second-order valence-electron chi connectivity index (χ2n) is 5.86. The van der Waals surface area contributed by atoms with Gasteiger partial charge in [-0.25, -0.2) is 0 Å². The summed E-state index contributed by atoms with van der Waals surface area (Å²) in [4.78, 5) is 4.66. The van der Waals surface area contributed by atoms with Crippen LogP contribution in [0.3, 0.4) is 0 Å². The van der Waals surface area contributed by atoms with Crippen molar-refractivity contribution >= 4 is 35.4 Å². The monoisotopic (exact) mass is 406 g/mol. The minimum atomic E-state index is 0. The van der Waals surface area contributed by atoms with Gasteiger partial charge in [0.25, 0.3) is 0 Å². The summed E-state index contributed by atoms with van der Waals surface area (Å²) < 4.78 is 0. The number of hydrogen-bond donors (Lipinski definition) is 0. The van der Waals surface area contributed by atoms with E-state index in [2.05, 4.69) is 86.3 Å². The van der Waals surface area contributed by atoms with Crippen LogP contribution in [0.5, 0.6) is 0 Å². The van der Waals surface area contributed by atoms with Crippen LogP contribution in [-0.4, -0.2) is 6.67 Å². The van der Waals surface area contributed by atoms with Gasteiger partial charge >= 0.3 is 0 Å². The maximum Gasteiger partial charge on any atom is 0.0989 e. The quantitative estimate of drug-likeness (QED) is 0.625. The molecule has 22 heavy (non-hydrogen) atoms. The molecule has 0 spiro atoms. The number of aryl methyl sites for hydroxylation is 4. The summed E-state index contributed by atoms with van der Waals surface area (Å²) in [5, 5.41) is 0. The fourth-order valence-electron chi connectivity index (χ4n) is 3.23. The van der Waals surface area contributed by atoms with E-state index in [9.17, 15) is 0 Å². The fraction of sp³-hybridized carbons (Fsp3) is 0.263. The lowest BCUT2D eigenvalue weighted by Crippen LogP contribution is -2.26. The molecule has 0 saturated heterocycles. The van der Waals surface area contributed by atoms with Gasteiger partial charge < -0.3 is 9.80 Å². The molecule has 3 heteroatoms. The average Bonchev–Trinajstić information content (AvgIpc) is 2.87. The summed E-state index contributed by atoms with van der Waals surface area (Å²) in [7, 11) is 0. The van der Waals surface area contributed by atoms with E-state index in [0.717, 1.165) is 6.67 Å². The van der Waals surface area contributed by atoms with Crippen LogP contribution in [0.4, 0.5) is 11.4 Å². The van der Waals surface area contributed by atoms with Crippen molar-refractivity contribution in [2.24, 2.45) is 0 Å². The van der Waals surface area contributed by atoms with Gasteiger partial charge in [-0.1, -0.05) is 36.4 Å². The summed E-state index contributed by atoms with van der Waals surface area (Å²) in [6, 6.07) is 13.0. The predicted molar refractivity (Wildman–Crippen MR) is 106 cm³/mol. The van der Waals surface area contributed by atoms with Gasteiger partial charge in [0.05, 0.1) is 6.67 Å². The summed E-state index contributed by atoms with van der Waals surface area (Å²) in [6.07, 6.45) is 4.36. The van der Waals surface area contributed by atoms with Gasteiger partial charge in [-0.3, -0.25) is 0 Å². The van der Waals surface area contributed by atoms with Gasteiger partial charge in [0.2, 0.25) is 0 Å². The molecule has 2 aromatic rings. The first-order valence-electron chi connectivity index (χ1n) is 7.42. The Kier molecular flexibility index (Phi) is 5.16. The molecule has 1 aliphatic heterocycles. The zero-order valence-electron chi connectivity index (χ0n) is 13.6. The molecule has 0 unspecified atom stereocenters. The SMILES string of the molecule is Cc1cccc(C)c1N1C=CN(c2c(C)cccc2C)C1.I. The zero-order chi connectivity index (χ0) is 15.0. The smallest absolute Gasteiger partial charge is 0.0989 e. The van der Waals surface area contributed by atoms with Gasteiger partial charge in [0.1, 0.15) is 0 Å². The van der Waals surface area contributed by atoms with Crippen LogP contribution in [0.1, 0.15) is 22.3 Å². The summed E-state index contributed by atoms with van der Waals surface area (Å²) >= 11 is 0. The van der Waals surface area contributed by atoms with Crippen LogP contribution in [0.25, 0.3) is 0 Å². The average molecular weight is 406 g/mol. The van der Waals surface area contributed by atoms with Crippen molar-refractivity contribution in [1.29, 1.82) is 0 Å². The second kappa shape index (κ2) is 6.73.